The first-order chi connectivity index (χ1) is 9.58. The van der Waals surface area contributed by atoms with Gasteiger partial charge in [-0.2, -0.15) is 0 Å². The molecule has 3 N–H and O–H groups in total. The molecule has 2 unspecified atom stereocenters. The number of hydrogen-bond acceptors (Lipinski definition) is 5. The Labute approximate surface area is 123 Å². The largest absolute Gasteiger partial charge is 0.396 e. The molecule has 2 atom stereocenters. The second kappa shape index (κ2) is 12.5. The van der Waals surface area contributed by atoms with Gasteiger partial charge in [-0.15, -0.1) is 0 Å². The maximum absolute atomic E-state index is 9.83. The lowest BCUT2D eigenvalue weighted by Gasteiger charge is -2.30. The molecule has 0 bridgehead atoms. The fraction of sp³-hybridized carbons (Fsp3) is 1.00. The van der Waals surface area contributed by atoms with Gasteiger partial charge in [0, 0.05) is 25.3 Å². The lowest BCUT2D eigenvalue weighted by molar-refractivity contribution is 0.00129. The zero-order valence-electron chi connectivity index (χ0n) is 13.4. The van der Waals surface area contributed by atoms with Gasteiger partial charge in [0.05, 0.1) is 25.9 Å². The van der Waals surface area contributed by atoms with Crippen LogP contribution < -0.4 is 5.32 Å². The predicted molar refractivity (Wildman–Crippen MR) is 81.0 cm³/mol. The van der Waals surface area contributed by atoms with E-state index in [2.05, 4.69) is 26.1 Å². The fourth-order valence-corrected chi connectivity index (χ4v) is 1.75. The summed E-state index contributed by atoms with van der Waals surface area (Å²) < 4.78 is 10.7. The van der Waals surface area contributed by atoms with Crippen LogP contribution >= 0.6 is 0 Å². The SMILES string of the molecule is CCCCOCCOCC(O)CNC(C)(CC)CCO. The van der Waals surface area contributed by atoms with E-state index in [9.17, 15) is 5.11 Å². The number of hydrogen-bond donors (Lipinski definition) is 3. The van der Waals surface area contributed by atoms with Crippen molar-refractivity contribution in [1.82, 2.24) is 5.32 Å². The van der Waals surface area contributed by atoms with E-state index in [1.54, 1.807) is 0 Å². The second-order valence-corrected chi connectivity index (χ2v) is 5.46. The molecule has 5 nitrogen and oxygen atoms in total. The Bertz CT molecular complexity index is 216. The molecule has 0 saturated heterocycles. The molecule has 0 rings (SSSR count). The summed E-state index contributed by atoms with van der Waals surface area (Å²) in [6, 6.07) is 0. The predicted octanol–water partition coefficient (Wildman–Crippen LogP) is 1.32. The Kier molecular flexibility index (Phi) is 12.4. The summed E-state index contributed by atoms with van der Waals surface area (Å²) in [5.74, 6) is 0. The Balaban J connectivity index is 3.55. The minimum absolute atomic E-state index is 0.126. The van der Waals surface area contributed by atoms with Crippen molar-refractivity contribution in [3.63, 3.8) is 0 Å². The van der Waals surface area contributed by atoms with Crippen molar-refractivity contribution in [2.75, 3.05) is 39.6 Å². The molecular weight excluding hydrogens is 258 g/mol. The first-order valence-electron chi connectivity index (χ1n) is 7.77. The van der Waals surface area contributed by atoms with Gasteiger partial charge in [0.1, 0.15) is 0 Å². The Morgan fingerprint density at radius 2 is 1.85 bits per heavy atom. The van der Waals surface area contributed by atoms with E-state index in [0.717, 1.165) is 25.9 Å². The lowest BCUT2D eigenvalue weighted by Crippen LogP contribution is -2.46. The van der Waals surface area contributed by atoms with Gasteiger partial charge < -0.3 is 25.0 Å². The monoisotopic (exact) mass is 291 g/mol. The van der Waals surface area contributed by atoms with E-state index in [4.69, 9.17) is 14.6 Å². The molecule has 0 radical (unpaired) electrons. The summed E-state index contributed by atoms with van der Waals surface area (Å²) >= 11 is 0. The number of aliphatic hydroxyl groups is 2. The summed E-state index contributed by atoms with van der Waals surface area (Å²) in [6.07, 6.45) is 3.27. The van der Waals surface area contributed by atoms with Crippen LogP contribution in [0.2, 0.25) is 0 Å². The highest BCUT2D eigenvalue weighted by Crippen LogP contribution is 2.13. The number of nitrogens with one attached hydrogen (secondary N) is 1. The summed E-state index contributed by atoms with van der Waals surface area (Å²) in [6.45, 7) is 9.06. The van der Waals surface area contributed by atoms with Gasteiger partial charge in [-0.25, -0.2) is 0 Å². The van der Waals surface area contributed by atoms with Crippen LogP contribution in [0.25, 0.3) is 0 Å². The van der Waals surface area contributed by atoms with Crippen LogP contribution in [0.15, 0.2) is 0 Å². The van der Waals surface area contributed by atoms with Crippen molar-refractivity contribution >= 4 is 0 Å². The molecule has 0 fully saturated rings. The standard InChI is InChI=1S/C15H33NO4/c1-4-6-9-19-10-11-20-13-14(18)12-16-15(3,5-2)7-8-17/h14,16-18H,4-13H2,1-3H3. The van der Waals surface area contributed by atoms with Crippen LogP contribution in [0, 0.1) is 0 Å². The number of ether oxygens (including phenoxy) is 2. The molecule has 122 valence electrons. The number of aliphatic hydroxyl groups excluding tert-OH is 2. The van der Waals surface area contributed by atoms with E-state index in [0.29, 0.717) is 32.8 Å². The molecule has 0 amide bonds. The van der Waals surface area contributed by atoms with Crippen molar-refractivity contribution in [2.45, 2.75) is 58.1 Å². The average Bonchev–Trinajstić information content (AvgIpc) is 2.44. The molecule has 0 aromatic carbocycles. The van der Waals surface area contributed by atoms with Crippen molar-refractivity contribution < 1.29 is 19.7 Å². The zero-order chi connectivity index (χ0) is 15.3. The molecule has 0 aliphatic carbocycles. The Hall–Kier alpha value is -0.200. The third-order valence-corrected chi connectivity index (χ3v) is 3.53. The molecule has 0 saturated carbocycles. The molecule has 0 aromatic heterocycles. The number of β-amino-alcohol motifs (C(OH)–C–C–N with tert-alkyl or cyclic N) is 1. The minimum Gasteiger partial charge on any atom is -0.396 e. The van der Waals surface area contributed by atoms with Crippen LogP contribution in [0.4, 0.5) is 0 Å². The first kappa shape index (κ1) is 19.8. The van der Waals surface area contributed by atoms with Gasteiger partial charge in [0.15, 0.2) is 0 Å². The van der Waals surface area contributed by atoms with Gasteiger partial charge in [-0.05, 0) is 26.2 Å². The minimum atomic E-state index is -0.532. The van der Waals surface area contributed by atoms with Crippen LogP contribution in [0.1, 0.15) is 46.5 Å². The van der Waals surface area contributed by atoms with Crippen LogP contribution in [0.3, 0.4) is 0 Å². The van der Waals surface area contributed by atoms with Gasteiger partial charge in [-0.1, -0.05) is 20.3 Å². The topological polar surface area (TPSA) is 71.0 Å². The zero-order valence-corrected chi connectivity index (χ0v) is 13.4. The van der Waals surface area contributed by atoms with Gasteiger partial charge in [-0.3, -0.25) is 0 Å². The normalized spacial score (nSPS) is 16.1. The highest BCUT2D eigenvalue weighted by atomic mass is 16.5. The number of rotatable bonds is 14. The summed E-state index contributed by atoms with van der Waals surface area (Å²) in [7, 11) is 0. The van der Waals surface area contributed by atoms with E-state index in [1.165, 1.54) is 0 Å². The molecule has 0 aromatic rings. The quantitative estimate of drug-likeness (QED) is 0.421. The van der Waals surface area contributed by atoms with Gasteiger partial charge >= 0.3 is 0 Å². The van der Waals surface area contributed by atoms with Gasteiger partial charge in [0.25, 0.3) is 0 Å². The van der Waals surface area contributed by atoms with Crippen molar-refractivity contribution in [1.29, 1.82) is 0 Å². The third kappa shape index (κ3) is 10.6. The Morgan fingerprint density at radius 3 is 2.45 bits per heavy atom. The van der Waals surface area contributed by atoms with Gasteiger partial charge in [0.2, 0.25) is 0 Å². The molecule has 0 aliphatic heterocycles. The summed E-state index contributed by atoms with van der Waals surface area (Å²) in [5, 5.41) is 22.1. The second-order valence-electron chi connectivity index (χ2n) is 5.46. The fourth-order valence-electron chi connectivity index (χ4n) is 1.75. The third-order valence-electron chi connectivity index (χ3n) is 3.53. The highest BCUT2D eigenvalue weighted by Gasteiger charge is 2.21. The van der Waals surface area contributed by atoms with Crippen LogP contribution in [0.5, 0.6) is 0 Å². The molecule has 0 heterocycles. The smallest absolute Gasteiger partial charge is 0.0897 e. The average molecular weight is 291 g/mol. The first-order valence-corrected chi connectivity index (χ1v) is 7.77. The highest BCUT2D eigenvalue weighted by molar-refractivity contribution is 4.82. The van der Waals surface area contributed by atoms with Crippen molar-refractivity contribution in [2.24, 2.45) is 0 Å². The summed E-state index contributed by atoms with van der Waals surface area (Å²) in [4.78, 5) is 0. The van der Waals surface area contributed by atoms with Crippen LogP contribution in [-0.4, -0.2) is 61.4 Å². The van der Waals surface area contributed by atoms with Crippen LogP contribution in [-0.2, 0) is 9.47 Å². The maximum Gasteiger partial charge on any atom is 0.0897 e. The molecule has 5 heteroatoms. The number of unbranched alkanes of at least 4 members (excludes halogenated alkanes) is 1. The molecule has 0 spiro atoms. The van der Waals surface area contributed by atoms with Crippen molar-refractivity contribution in [3.05, 3.63) is 0 Å². The molecule has 20 heavy (non-hydrogen) atoms. The summed E-state index contributed by atoms with van der Waals surface area (Å²) in [5.41, 5.74) is -0.126. The van der Waals surface area contributed by atoms with E-state index < -0.39 is 6.10 Å². The van der Waals surface area contributed by atoms with E-state index in [-0.39, 0.29) is 12.1 Å². The maximum atomic E-state index is 9.83. The van der Waals surface area contributed by atoms with E-state index in [1.807, 2.05) is 0 Å². The molecular formula is C15H33NO4. The molecule has 0 aliphatic rings. The lowest BCUT2D eigenvalue weighted by atomic mass is 9.95. The van der Waals surface area contributed by atoms with Crippen molar-refractivity contribution in [3.8, 4) is 0 Å². The van der Waals surface area contributed by atoms with E-state index >= 15 is 0 Å². The Morgan fingerprint density at radius 1 is 1.15 bits per heavy atom.